The summed E-state index contributed by atoms with van der Waals surface area (Å²) in [6.45, 7) is 5.48. The van der Waals surface area contributed by atoms with Gasteiger partial charge in [-0.15, -0.1) is 0 Å². The van der Waals surface area contributed by atoms with Gasteiger partial charge in [-0.2, -0.15) is 5.10 Å². The molecule has 3 amide bonds. The standard InChI is InChI=1S/C21H26N6O3/c1-14(2)18-16(13-23-27(18)17-5-3-4-8-22-17)20(29)25-9-11-26(12-10-25)21(30)19(28)24-15-6-7-15/h3-5,8,13-15H,6-7,9-12H2,1-2H3,(H,24,28). The van der Waals surface area contributed by atoms with E-state index in [1.165, 1.54) is 4.90 Å². The van der Waals surface area contributed by atoms with Crippen LogP contribution in [-0.2, 0) is 9.59 Å². The number of carbonyl (C=O) groups is 3. The first-order valence-electron chi connectivity index (χ1n) is 10.3. The number of hydrogen-bond acceptors (Lipinski definition) is 5. The van der Waals surface area contributed by atoms with Crippen molar-refractivity contribution < 1.29 is 14.4 Å². The van der Waals surface area contributed by atoms with Gasteiger partial charge in [0.25, 0.3) is 5.91 Å². The van der Waals surface area contributed by atoms with Crippen LogP contribution in [0.25, 0.3) is 5.82 Å². The molecule has 9 heteroatoms. The molecular formula is C21H26N6O3. The summed E-state index contributed by atoms with van der Waals surface area (Å²) in [4.78, 5) is 45.1. The van der Waals surface area contributed by atoms with Crippen LogP contribution in [0, 0.1) is 0 Å². The van der Waals surface area contributed by atoms with Gasteiger partial charge >= 0.3 is 11.8 Å². The minimum absolute atomic E-state index is 0.0717. The van der Waals surface area contributed by atoms with E-state index in [2.05, 4.69) is 15.4 Å². The summed E-state index contributed by atoms with van der Waals surface area (Å²) >= 11 is 0. The van der Waals surface area contributed by atoms with Crippen molar-refractivity contribution in [3.8, 4) is 5.82 Å². The zero-order chi connectivity index (χ0) is 21.3. The normalized spacial score (nSPS) is 16.6. The van der Waals surface area contributed by atoms with Crippen LogP contribution in [0.1, 0.15) is 48.7 Å². The number of rotatable bonds is 4. The van der Waals surface area contributed by atoms with Crippen molar-refractivity contribution in [3.05, 3.63) is 41.9 Å². The number of piperazine rings is 1. The summed E-state index contributed by atoms with van der Waals surface area (Å²) in [5, 5.41) is 7.13. The van der Waals surface area contributed by atoms with Gasteiger partial charge in [0.2, 0.25) is 0 Å². The van der Waals surface area contributed by atoms with E-state index < -0.39 is 11.8 Å². The molecule has 0 bridgehead atoms. The lowest BCUT2D eigenvalue weighted by Gasteiger charge is -2.34. The molecule has 1 saturated carbocycles. The molecule has 3 heterocycles. The number of nitrogens with zero attached hydrogens (tertiary/aromatic N) is 5. The molecular weight excluding hydrogens is 384 g/mol. The molecule has 1 aliphatic carbocycles. The van der Waals surface area contributed by atoms with Gasteiger partial charge < -0.3 is 15.1 Å². The highest BCUT2D eigenvalue weighted by molar-refractivity contribution is 6.35. The molecule has 2 fully saturated rings. The molecule has 0 radical (unpaired) electrons. The maximum atomic E-state index is 13.2. The van der Waals surface area contributed by atoms with Crippen molar-refractivity contribution in [1.29, 1.82) is 0 Å². The Hall–Kier alpha value is -3.23. The van der Waals surface area contributed by atoms with Gasteiger partial charge in [-0.1, -0.05) is 19.9 Å². The van der Waals surface area contributed by atoms with E-state index in [1.807, 2.05) is 32.0 Å². The lowest BCUT2D eigenvalue weighted by molar-refractivity contribution is -0.146. The maximum Gasteiger partial charge on any atom is 0.312 e. The van der Waals surface area contributed by atoms with Crippen LogP contribution < -0.4 is 5.32 Å². The van der Waals surface area contributed by atoms with E-state index >= 15 is 0 Å². The van der Waals surface area contributed by atoms with E-state index in [1.54, 1.807) is 22.0 Å². The zero-order valence-corrected chi connectivity index (χ0v) is 17.2. The topological polar surface area (TPSA) is 100 Å². The number of carbonyl (C=O) groups excluding carboxylic acids is 3. The lowest BCUT2D eigenvalue weighted by Crippen LogP contribution is -2.54. The third-order valence-corrected chi connectivity index (χ3v) is 5.41. The van der Waals surface area contributed by atoms with Crippen molar-refractivity contribution in [1.82, 2.24) is 29.9 Å². The second-order valence-corrected chi connectivity index (χ2v) is 8.03. The summed E-state index contributed by atoms with van der Waals surface area (Å²) < 4.78 is 1.71. The number of pyridine rings is 1. The highest BCUT2D eigenvalue weighted by Gasteiger charge is 2.33. The Morgan fingerprint density at radius 2 is 1.77 bits per heavy atom. The maximum absolute atomic E-state index is 13.2. The molecule has 158 valence electrons. The number of hydrogen-bond donors (Lipinski definition) is 1. The molecule has 1 saturated heterocycles. The van der Waals surface area contributed by atoms with Gasteiger partial charge in [0.15, 0.2) is 5.82 Å². The largest absolute Gasteiger partial charge is 0.345 e. The lowest BCUT2D eigenvalue weighted by atomic mass is 10.0. The van der Waals surface area contributed by atoms with Crippen molar-refractivity contribution in [2.75, 3.05) is 26.2 Å². The molecule has 30 heavy (non-hydrogen) atoms. The monoisotopic (exact) mass is 410 g/mol. The molecule has 0 aromatic carbocycles. The molecule has 1 aliphatic heterocycles. The molecule has 0 spiro atoms. The van der Waals surface area contributed by atoms with Crippen molar-refractivity contribution in [2.45, 2.75) is 38.6 Å². The second-order valence-electron chi connectivity index (χ2n) is 8.03. The van der Waals surface area contributed by atoms with Crippen LogP contribution in [0.4, 0.5) is 0 Å². The second kappa shape index (κ2) is 8.25. The molecule has 0 atom stereocenters. The van der Waals surface area contributed by atoms with Gasteiger partial charge in [0.05, 0.1) is 17.5 Å². The minimum atomic E-state index is -0.545. The van der Waals surface area contributed by atoms with Gasteiger partial charge in [-0.05, 0) is 30.9 Å². The fourth-order valence-corrected chi connectivity index (χ4v) is 3.64. The Balaban J connectivity index is 1.45. The Morgan fingerprint density at radius 1 is 1.07 bits per heavy atom. The number of nitrogens with one attached hydrogen (secondary N) is 1. The molecule has 9 nitrogen and oxygen atoms in total. The molecule has 2 aliphatic rings. The Labute approximate surface area is 175 Å². The summed E-state index contributed by atoms with van der Waals surface area (Å²) in [7, 11) is 0. The van der Waals surface area contributed by atoms with Gasteiger partial charge in [0.1, 0.15) is 0 Å². The Bertz CT molecular complexity index is 943. The first-order valence-corrected chi connectivity index (χ1v) is 10.3. The van der Waals surface area contributed by atoms with Crippen molar-refractivity contribution >= 4 is 17.7 Å². The van der Waals surface area contributed by atoms with Crippen LogP contribution in [-0.4, -0.2) is 74.5 Å². The predicted octanol–water partition coefficient (Wildman–Crippen LogP) is 0.954. The van der Waals surface area contributed by atoms with Crippen LogP contribution in [0.2, 0.25) is 0 Å². The summed E-state index contributed by atoms with van der Waals surface area (Å²) in [5.41, 5.74) is 1.35. The first kappa shape index (κ1) is 20.1. The van der Waals surface area contributed by atoms with Gasteiger partial charge in [-0.3, -0.25) is 14.4 Å². The highest BCUT2D eigenvalue weighted by atomic mass is 16.2. The van der Waals surface area contributed by atoms with Crippen LogP contribution in [0.15, 0.2) is 30.6 Å². The van der Waals surface area contributed by atoms with E-state index in [4.69, 9.17) is 0 Å². The van der Waals surface area contributed by atoms with E-state index in [-0.39, 0.29) is 17.9 Å². The summed E-state index contributed by atoms with van der Waals surface area (Å²) in [5.74, 6) is -0.439. The molecule has 2 aromatic rings. The number of amides is 3. The van der Waals surface area contributed by atoms with Gasteiger partial charge in [0, 0.05) is 38.4 Å². The average molecular weight is 410 g/mol. The summed E-state index contributed by atoms with van der Waals surface area (Å²) in [6.07, 6.45) is 5.16. The Kier molecular flexibility index (Phi) is 5.52. The van der Waals surface area contributed by atoms with Crippen molar-refractivity contribution in [3.63, 3.8) is 0 Å². The van der Waals surface area contributed by atoms with E-state index in [0.29, 0.717) is 37.6 Å². The van der Waals surface area contributed by atoms with Crippen LogP contribution in [0.5, 0.6) is 0 Å². The predicted molar refractivity (Wildman–Crippen MR) is 109 cm³/mol. The average Bonchev–Trinajstić information content (AvgIpc) is 3.46. The minimum Gasteiger partial charge on any atom is -0.345 e. The quantitative estimate of drug-likeness (QED) is 0.757. The number of aromatic nitrogens is 3. The molecule has 4 rings (SSSR count). The van der Waals surface area contributed by atoms with E-state index in [9.17, 15) is 14.4 Å². The molecule has 2 aromatic heterocycles. The fraction of sp³-hybridized carbons (Fsp3) is 0.476. The smallest absolute Gasteiger partial charge is 0.312 e. The van der Waals surface area contributed by atoms with E-state index in [0.717, 1.165) is 18.5 Å². The molecule has 0 unspecified atom stereocenters. The summed E-state index contributed by atoms with van der Waals surface area (Å²) in [6, 6.07) is 5.71. The first-order chi connectivity index (χ1) is 14.5. The molecule has 1 N–H and O–H groups in total. The SMILES string of the molecule is CC(C)c1c(C(=O)N2CCN(C(=O)C(=O)NC3CC3)CC2)cnn1-c1ccccn1. The van der Waals surface area contributed by atoms with Crippen molar-refractivity contribution in [2.24, 2.45) is 0 Å². The Morgan fingerprint density at radius 3 is 2.37 bits per heavy atom. The third-order valence-electron chi connectivity index (χ3n) is 5.41. The highest BCUT2D eigenvalue weighted by Crippen LogP contribution is 2.24. The van der Waals surface area contributed by atoms with Gasteiger partial charge in [-0.25, -0.2) is 9.67 Å². The fourth-order valence-electron chi connectivity index (χ4n) is 3.64. The third kappa shape index (κ3) is 4.05. The van der Waals surface area contributed by atoms with Crippen LogP contribution in [0.3, 0.4) is 0 Å². The van der Waals surface area contributed by atoms with Crippen LogP contribution >= 0.6 is 0 Å². The zero-order valence-electron chi connectivity index (χ0n) is 17.2.